The number of aliphatic carboxylic acids is 1. The summed E-state index contributed by atoms with van der Waals surface area (Å²) in [6.45, 7) is 6.42. The number of nitrogens with one attached hydrogen (secondary N) is 1. The van der Waals surface area contributed by atoms with Crippen molar-refractivity contribution in [2.24, 2.45) is 5.92 Å². The molecule has 2 rings (SSSR count). The van der Waals surface area contributed by atoms with Crippen LogP contribution in [0.3, 0.4) is 0 Å². The Balaban J connectivity index is 2.40. The van der Waals surface area contributed by atoms with Crippen LogP contribution in [0.4, 0.5) is 5.82 Å². The van der Waals surface area contributed by atoms with Crippen LogP contribution >= 0.6 is 0 Å². The number of anilines is 1. The monoisotopic (exact) mass is 263 g/mol. The number of carboxylic acid groups (broad SMARTS) is 1. The van der Waals surface area contributed by atoms with E-state index in [1.54, 1.807) is 6.33 Å². The van der Waals surface area contributed by atoms with Crippen LogP contribution in [0.5, 0.6) is 0 Å². The van der Waals surface area contributed by atoms with E-state index in [1.165, 1.54) is 6.33 Å². The SMILES string of the molecule is CCn1cnc2c(N[C@H](C(=O)O)C(C)C)ncnc21. The fraction of sp³-hybridized carbons (Fsp3) is 0.500. The molecular weight excluding hydrogens is 246 g/mol. The maximum absolute atomic E-state index is 11.2. The van der Waals surface area contributed by atoms with Crippen molar-refractivity contribution >= 4 is 23.0 Å². The lowest BCUT2D eigenvalue weighted by atomic mass is 10.1. The van der Waals surface area contributed by atoms with Crippen LogP contribution in [0.25, 0.3) is 11.2 Å². The maximum Gasteiger partial charge on any atom is 0.326 e. The second-order valence-corrected chi connectivity index (χ2v) is 4.63. The minimum atomic E-state index is -0.906. The fourth-order valence-electron chi connectivity index (χ4n) is 1.88. The van der Waals surface area contributed by atoms with Crippen molar-refractivity contribution < 1.29 is 9.90 Å². The average molecular weight is 263 g/mol. The highest BCUT2D eigenvalue weighted by Gasteiger charge is 2.23. The van der Waals surface area contributed by atoms with Crippen molar-refractivity contribution in [1.82, 2.24) is 19.5 Å². The highest BCUT2D eigenvalue weighted by Crippen LogP contribution is 2.19. The van der Waals surface area contributed by atoms with E-state index < -0.39 is 12.0 Å². The van der Waals surface area contributed by atoms with Crippen LogP contribution in [0, 0.1) is 5.92 Å². The van der Waals surface area contributed by atoms with Crippen LogP contribution < -0.4 is 5.32 Å². The molecule has 0 aliphatic heterocycles. The van der Waals surface area contributed by atoms with Crippen molar-refractivity contribution in [2.75, 3.05) is 5.32 Å². The van der Waals surface area contributed by atoms with E-state index in [9.17, 15) is 9.90 Å². The van der Waals surface area contributed by atoms with Gasteiger partial charge in [0.15, 0.2) is 11.5 Å². The minimum Gasteiger partial charge on any atom is -0.480 e. The fourth-order valence-corrected chi connectivity index (χ4v) is 1.88. The zero-order chi connectivity index (χ0) is 14.0. The van der Waals surface area contributed by atoms with Crippen LogP contribution in [0.2, 0.25) is 0 Å². The lowest BCUT2D eigenvalue weighted by Gasteiger charge is -2.18. The standard InChI is InChI=1S/C12H17N5O2/c1-4-17-6-15-9-10(13-5-14-11(9)17)16-8(7(2)3)12(18)19/h5-8H,4H2,1-3H3,(H,18,19)(H,13,14,16)/t8-/m0/s1. The zero-order valence-corrected chi connectivity index (χ0v) is 11.2. The average Bonchev–Trinajstić information content (AvgIpc) is 2.78. The first-order chi connectivity index (χ1) is 9.04. The van der Waals surface area contributed by atoms with E-state index in [-0.39, 0.29) is 5.92 Å². The predicted molar refractivity (Wildman–Crippen MR) is 70.9 cm³/mol. The van der Waals surface area contributed by atoms with Gasteiger partial charge in [-0.05, 0) is 12.8 Å². The lowest BCUT2D eigenvalue weighted by molar-refractivity contribution is -0.138. The van der Waals surface area contributed by atoms with E-state index in [1.807, 2.05) is 25.3 Å². The Morgan fingerprint density at radius 1 is 1.42 bits per heavy atom. The molecular formula is C12H17N5O2. The third kappa shape index (κ3) is 2.49. The molecule has 0 spiro atoms. The number of aromatic nitrogens is 4. The molecule has 0 aliphatic rings. The van der Waals surface area contributed by atoms with E-state index in [2.05, 4.69) is 20.3 Å². The number of hydrogen-bond acceptors (Lipinski definition) is 5. The van der Waals surface area contributed by atoms with E-state index in [4.69, 9.17) is 0 Å². The van der Waals surface area contributed by atoms with Gasteiger partial charge in [-0.15, -0.1) is 0 Å². The first-order valence-electron chi connectivity index (χ1n) is 6.19. The number of imidazole rings is 1. The Kier molecular flexibility index (Phi) is 3.64. The van der Waals surface area contributed by atoms with Crippen molar-refractivity contribution in [3.63, 3.8) is 0 Å². The van der Waals surface area contributed by atoms with Gasteiger partial charge in [-0.25, -0.2) is 19.7 Å². The number of carbonyl (C=O) groups is 1. The normalized spacial score (nSPS) is 12.8. The summed E-state index contributed by atoms with van der Waals surface area (Å²) < 4.78 is 1.88. The summed E-state index contributed by atoms with van der Waals surface area (Å²) in [5.74, 6) is -0.509. The predicted octanol–water partition coefficient (Wildman–Crippen LogP) is 1.37. The molecule has 7 nitrogen and oxygen atoms in total. The minimum absolute atomic E-state index is 0.0595. The number of rotatable bonds is 5. The highest BCUT2D eigenvalue weighted by molar-refractivity contribution is 5.86. The maximum atomic E-state index is 11.2. The molecule has 102 valence electrons. The van der Waals surface area contributed by atoms with Crippen LogP contribution in [-0.4, -0.2) is 36.6 Å². The van der Waals surface area contributed by atoms with Gasteiger partial charge in [0.25, 0.3) is 0 Å². The Hall–Kier alpha value is -2.18. The second kappa shape index (κ2) is 5.21. The molecule has 2 N–H and O–H groups in total. The number of aryl methyl sites for hydroxylation is 1. The number of nitrogens with zero attached hydrogens (tertiary/aromatic N) is 4. The molecule has 0 saturated heterocycles. The quantitative estimate of drug-likeness (QED) is 0.846. The summed E-state index contributed by atoms with van der Waals surface area (Å²) in [4.78, 5) is 23.7. The molecule has 0 radical (unpaired) electrons. The number of fused-ring (bicyclic) bond motifs is 1. The first kappa shape index (κ1) is 13.3. The topological polar surface area (TPSA) is 92.9 Å². The smallest absolute Gasteiger partial charge is 0.326 e. The molecule has 1 atom stereocenters. The third-order valence-electron chi connectivity index (χ3n) is 2.97. The summed E-state index contributed by atoms with van der Waals surface area (Å²) in [5.41, 5.74) is 1.30. The Bertz CT molecular complexity index is 593. The molecule has 0 unspecified atom stereocenters. The van der Waals surface area contributed by atoms with Crippen LogP contribution in [0.15, 0.2) is 12.7 Å². The molecule has 0 amide bonds. The zero-order valence-electron chi connectivity index (χ0n) is 11.2. The van der Waals surface area contributed by atoms with Crippen molar-refractivity contribution in [3.8, 4) is 0 Å². The van der Waals surface area contributed by atoms with Gasteiger partial charge >= 0.3 is 5.97 Å². The molecule has 2 aromatic heterocycles. The van der Waals surface area contributed by atoms with Crippen molar-refractivity contribution in [3.05, 3.63) is 12.7 Å². The number of hydrogen-bond donors (Lipinski definition) is 2. The summed E-state index contributed by atoms with van der Waals surface area (Å²) in [6.07, 6.45) is 3.09. The molecule has 0 saturated carbocycles. The van der Waals surface area contributed by atoms with Gasteiger partial charge < -0.3 is 15.0 Å². The van der Waals surface area contributed by atoms with E-state index in [0.29, 0.717) is 17.0 Å². The summed E-state index contributed by atoms with van der Waals surface area (Å²) in [6, 6.07) is -0.704. The molecule has 0 aliphatic carbocycles. The van der Waals surface area contributed by atoms with Gasteiger partial charge in [0.1, 0.15) is 17.9 Å². The Morgan fingerprint density at radius 3 is 2.74 bits per heavy atom. The van der Waals surface area contributed by atoms with Gasteiger partial charge in [-0.1, -0.05) is 13.8 Å². The molecule has 2 heterocycles. The molecule has 0 fully saturated rings. The first-order valence-corrected chi connectivity index (χ1v) is 6.19. The molecule has 2 aromatic rings. The summed E-state index contributed by atoms with van der Waals surface area (Å²) >= 11 is 0. The van der Waals surface area contributed by atoms with Crippen molar-refractivity contribution in [1.29, 1.82) is 0 Å². The van der Waals surface area contributed by atoms with Gasteiger partial charge in [0.05, 0.1) is 6.33 Å². The molecule has 0 aromatic carbocycles. The van der Waals surface area contributed by atoms with E-state index >= 15 is 0 Å². The molecule has 7 heteroatoms. The van der Waals surface area contributed by atoms with Crippen LogP contribution in [0.1, 0.15) is 20.8 Å². The second-order valence-electron chi connectivity index (χ2n) is 4.63. The molecule has 19 heavy (non-hydrogen) atoms. The summed E-state index contributed by atoms with van der Waals surface area (Å²) in [5, 5.41) is 12.1. The molecule has 0 bridgehead atoms. The van der Waals surface area contributed by atoms with Gasteiger partial charge in [0.2, 0.25) is 0 Å². The largest absolute Gasteiger partial charge is 0.480 e. The van der Waals surface area contributed by atoms with Gasteiger partial charge in [0, 0.05) is 6.54 Å². The lowest BCUT2D eigenvalue weighted by Crippen LogP contribution is -2.34. The van der Waals surface area contributed by atoms with Gasteiger partial charge in [-0.2, -0.15) is 0 Å². The van der Waals surface area contributed by atoms with Crippen molar-refractivity contribution in [2.45, 2.75) is 33.4 Å². The number of carboxylic acids is 1. The third-order valence-corrected chi connectivity index (χ3v) is 2.97. The van der Waals surface area contributed by atoms with Crippen LogP contribution in [-0.2, 0) is 11.3 Å². The summed E-state index contributed by atoms with van der Waals surface area (Å²) in [7, 11) is 0. The van der Waals surface area contributed by atoms with E-state index in [0.717, 1.165) is 6.54 Å². The highest BCUT2D eigenvalue weighted by atomic mass is 16.4. The Morgan fingerprint density at radius 2 is 2.16 bits per heavy atom. The Labute approximate surface area is 110 Å². The van der Waals surface area contributed by atoms with Gasteiger partial charge in [-0.3, -0.25) is 0 Å².